The molecule has 14 heteroatoms. The first-order valence-electron chi connectivity index (χ1n) is 1.96. The third kappa shape index (κ3) is 16.7. The second kappa shape index (κ2) is 11.8. The number of rotatable bonds is 4. The van der Waals surface area contributed by atoms with Crippen LogP contribution in [0.15, 0.2) is 0 Å². The molecule has 0 aliphatic carbocycles. The first-order valence-corrected chi connectivity index (χ1v) is 5.87. The largest absolute Gasteiger partial charge is 1.00 e. The van der Waals surface area contributed by atoms with Crippen LogP contribution in [0, 0.1) is 0 Å². The van der Waals surface area contributed by atoms with E-state index < -0.39 is 24.3 Å². The topological polar surface area (TPSA) is 139 Å². The monoisotopic (exact) mass is 244 g/mol. The smallest absolute Gasteiger partial charge is 0.781 e. The number of hydrogen-bond acceptors (Lipinski definition) is 8. The Morgan fingerprint density at radius 1 is 0.929 bits per heavy atom. The molecular weight excluding hydrogens is 242 g/mol. The quantitative estimate of drug-likeness (QED) is 0.350. The van der Waals surface area contributed by atoms with Crippen LogP contribution < -0.4 is 71.3 Å². The number of phosphoric acid groups is 1. The Hall–Kier alpha value is 2.28. The van der Waals surface area contributed by atoms with Crippen molar-refractivity contribution >= 4 is 24.3 Å². The fourth-order valence-electron chi connectivity index (χ4n) is 0.201. The van der Waals surface area contributed by atoms with E-state index in [1.54, 1.807) is 0 Å². The van der Waals surface area contributed by atoms with Gasteiger partial charge in [0, 0.05) is 0 Å². The van der Waals surface area contributed by atoms with Gasteiger partial charge in [-0.05, 0) is 0 Å². The Morgan fingerprint density at radius 2 is 1.14 bits per heavy atom. The third-order valence-corrected chi connectivity index (χ3v) is 3.35. The van der Waals surface area contributed by atoms with Gasteiger partial charge in [0.1, 0.15) is 16.5 Å². The molecule has 0 spiro atoms. The molecule has 0 amide bonds. The van der Waals surface area contributed by atoms with E-state index in [0.29, 0.717) is 0 Å². The standard InChI is InChI=1S/3Li.H5O8P3/c;;;1-9(2)7-11(5,6)8-10(3)4/h;;;9-10H,(H,1,2)(H,3,4)(H,5,6)/q3*+1;/p-3. The Labute approximate surface area is 117 Å². The summed E-state index contributed by atoms with van der Waals surface area (Å²) in [5.41, 5.74) is 0. The summed E-state index contributed by atoms with van der Waals surface area (Å²) >= 11 is 0. The van der Waals surface area contributed by atoms with Crippen LogP contribution >= 0.6 is 24.3 Å². The van der Waals surface area contributed by atoms with Crippen molar-refractivity contribution in [2.45, 2.75) is 0 Å². The summed E-state index contributed by atoms with van der Waals surface area (Å²) in [7, 11) is -13.2. The first-order chi connectivity index (χ1) is 4.83. The molecule has 0 N–H and O–H groups in total. The molecule has 0 saturated heterocycles. The molecule has 8 nitrogen and oxygen atoms in total. The fraction of sp³-hybridized carbons (Fsp3) is 0. The van der Waals surface area contributed by atoms with Crippen molar-refractivity contribution in [3.8, 4) is 0 Å². The molecular formula is H2Li3O8P3. The average Bonchev–Trinajstić information content (AvgIpc) is 1.53. The second-order valence-corrected chi connectivity index (χ2v) is 4.48. The summed E-state index contributed by atoms with van der Waals surface area (Å²) in [6, 6.07) is 0. The summed E-state index contributed by atoms with van der Waals surface area (Å²) < 4.78 is 35.6. The molecule has 68 valence electrons. The van der Waals surface area contributed by atoms with E-state index in [1.807, 2.05) is 0 Å². The van der Waals surface area contributed by atoms with Crippen molar-refractivity contribution < 1.29 is 93.6 Å². The van der Waals surface area contributed by atoms with Gasteiger partial charge in [-0.2, -0.15) is 0 Å². The Morgan fingerprint density at radius 3 is 1.29 bits per heavy atom. The zero-order valence-electron chi connectivity index (χ0n) is 7.71. The van der Waals surface area contributed by atoms with E-state index >= 15 is 0 Å². The minimum Gasteiger partial charge on any atom is -0.781 e. The molecule has 0 heterocycles. The van der Waals surface area contributed by atoms with Gasteiger partial charge in [0.25, 0.3) is 7.82 Å². The van der Waals surface area contributed by atoms with E-state index in [9.17, 15) is 28.4 Å². The van der Waals surface area contributed by atoms with Crippen molar-refractivity contribution in [2.24, 2.45) is 0 Å². The van der Waals surface area contributed by atoms with Gasteiger partial charge in [-0.25, -0.2) is 0 Å². The van der Waals surface area contributed by atoms with Crippen LogP contribution in [0.4, 0.5) is 0 Å². The van der Waals surface area contributed by atoms with Gasteiger partial charge in [0.2, 0.25) is 0 Å². The molecule has 0 aliphatic heterocycles. The van der Waals surface area contributed by atoms with Gasteiger partial charge >= 0.3 is 56.6 Å². The first kappa shape index (κ1) is 25.2. The number of hydrogen-bond donors (Lipinski definition) is 0. The molecule has 2 atom stereocenters. The molecule has 0 aromatic heterocycles. The van der Waals surface area contributed by atoms with E-state index in [2.05, 4.69) is 8.62 Å². The summed E-state index contributed by atoms with van der Waals surface area (Å²) in [5.74, 6) is 0. The maximum absolute atomic E-state index is 10.1. The minimum absolute atomic E-state index is 0. The third-order valence-electron chi connectivity index (χ3n) is 0.373. The van der Waals surface area contributed by atoms with Gasteiger partial charge in [-0.15, -0.1) is 0 Å². The van der Waals surface area contributed by atoms with Gasteiger partial charge in [-0.3, -0.25) is 13.2 Å². The van der Waals surface area contributed by atoms with Crippen LogP contribution in [-0.4, -0.2) is 0 Å². The molecule has 0 bridgehead atoms. The summed E-state index contributed by atoms with van der Waals surface area (Å²) in [6.07, 6.45) is 0. The van der Waals surface area contributed by atoms with Crippen LogP contribution in [0.25, 0.3) is 0 Å². The van der Waals surface area contributed by atoms with Crippen molar-refractivity contribution in [1.29, 1.82) is 0 Å². The average molecular weight is 244 g/mol. The Bertz CT molecular complexity index is 206. The van der Waals surface area contributed by atoms with Crippen molar-refractivity contribution in [3.63, 3.8) is 0 Å². The predicted octanol–water partition coefficient (Wildman–Crippen LogP) is -11.0. The summed E-state index contributed by atoms with van der Waals surface area (Å²) in [5, 5.41) is 0. The van der Waals surface area contributed by atoms with Crippen molar-refractivity contribution in [3.05, 3.63) is 0 Å². The molecule has 14 heavy (non-hydrogen) atoms. The molecule has 2 unspecified atom stereocenters. The molecule has 0 aromatic carbocycles. The van der Waals surface area contributed by atoms with Gasteiger partial charge in [-0.1, -0.05) is 0 Å². The zero-order valence-corrected chi connectivity index (χ0v) is 10.6. The van der Waals surface area contributed by atoms with Gasteiger partial charge in [0.05, 0.1) is 0 Å². The van der Waals surface area contributed by atoms with Gasteiger partial charge in [0.15, 0.2) is 0 Å². The van der Waals surface area contributed by atoms with Crippen LogP contribution in [0.5, 0.6) is 0 Å². The van der Waals surface area contributed by atoms with Gasteiger partial charge < -0.3 is 23.8 Å². The van der Waals surface area contributed by atoms with Crippen molar-refractivity contribution in [2.75, 3.05) is 0 Å². The van der Waals surface area contributed by atoms with E-state index in [-0.39, 0.29) is 56.6 Å². The van der Waals surface area contributed by atoms with Crippen LogP contribution in [0.2, 0.25) is 0 Å². The molecule has 0 rings (SSSR count). The molecule has 0 aromatic rings. The molecule has 0 radical (unpaired) electrons. The molecule has 0 aliphatic rings. The van der Waals surface area contributed by atoms with E-state index in [1.165, 1.54) is 0 Å². The molecule has 0 fully saturated rings. The maximum atomic E-state index is 10.1. The van der Waals surface area contributed by atoms with Crippen LogP contribution in [-0.2, 0) is 22.3 Å². The van der Waals surface area contributed by atoms with E-state index in [4.69, 9.17) is 0 Å². The summed E-state index contributed by atoms with van der Waals surface area (Å²) in [4.78, 5) is 29.3. The van der Waals surface area contributed by atoms with E-state index in [0.717, 1.165) is 0 Å². The summed E-state index contributed by atoms with van der Waals surface area (Å²) in [6.45, 7) is 0. The normalized spacial score (nSPS) is 17.4. The second-order valence-electron chi connectivity index (χ2n) is 1.13. The van der Waals surface area contributed by atoms with Crippen LogP contribution in [0.3, 0.4) is 0 Å². The predicted molar refractivity (Wildman–Crippen MR) is 27.8 cm³/mol. The molecule has 0 saturated carbocycles. The SMILES string of the molecule is O=[PH]([O-])OP(=O)([O-])O[PH](=O)[O-].[Li+].[Li+].[Li+]. The van der Waals surface area contributed by atoms with Crippen molar-refractivity contribution in [1.82, 2.24) is 0 Å². The van der Waals surface area contributed by atoms with Crippen LogP contribution in [0.1, 0.15) is 0 Å². The Kier molecular flexibility index (Phi) is 21.2. The minimum atomic E-state index is -5.21. The fourth-order valence-corrected chi connectivity index (χ4v) is 2.15. The Balaban J connectivity index is -0.000000167. The maximum Gasteiger partial charge on any atom is 1.00 e. The zero-order chi connectivity index (χ0) is 9.07.